The van der Waals surface area contributed by atoms with E-state index in [2.05, 4.69) is 10.0 Å². The normalized spacial score (nSPS) is 17.5. The predicted octanol–water partition coefficient (Wildman–Crippen LogP) is 4.78. The average Bonchev–Trinajstić information content (AvgIpc) is 3.64. The SMILES string of the molecule is O=C(NC[C@H]1CCCO1)[C@@H](c1ccccc1)N(Cc1ccc(Cl)cc1)C(=O)CCc1ccc(S(=O)(=O)NC2CC2)cc1. The van der Waals surface area contributed by atoms with Crippen LogP contribution in [-0.4, -0.2) is 50.4 Å². The van der Waals surface area contributed by atoms with Gasteiger partial charge < -0.3 is 15.0 Å². The Hall–Kier alpha value is -3.24. The molecule has 0 unspecified atom stereocenters. The summed E-state index contributed by atoms with van der Waals surface area (Å²) in [6, 6.07) is 22.3. The van der Waals surface area contributed by atoms with E-state index in [1.165, 1.54) is 0 Å². The minimum atomic E-state index is -3.55. The van der Waals surface area contributed by atoms with Crippen molar-refractivity contribution in [2.75, 3.05) is 13.2 Å². The summed E-state index contributed by atoms with van der Waals surface area (Å²) in [5, 5.41) is 3.61. The zero-order chi connectivity index (χ0) is 29.5. The Kier molecular flexibility index (Phi) is 9.95. The van der Waals surface area contributed by atoms with Crippen LogP contribution in [0.4, 0.5) is 0 Å². The Morgan fingerprint density at radius 3 is 2.26 bits per heavy atom. The number of halogens is 1. The first-order chi connectivity index (χ1) is 20.3. The van der Waals surface area contributed by atoms with Crippen LogP contribution in [0.15, 0.2) is 83.8 Å². The van der Waals surface area contributed by atoms with Crippen LogP contribution in [0.3, 0.4) is 0 Å². The van der Waals surface area contributed by atoms with E-state index in [1.807, 2.05) is 42.5 Å². The van der Waals surface area contributed by atoms with E-state index in [0.717, 1.165) is 36.8 Å². The Balaban J connectivity index is 1.35. The van der Waals surface area contributed by atoms with Crippen molar-refractivity contribution in [1.82, 2.24) is 14.9 Å². The number of nitrogens with one attached hydrogen (secondary N) is 2. The molecule has 2 atom stereocenters. The highest BCUT2D eigenvalue weighted by Gasteiger charge is 2.32. The van der Waals surface area contributed by atoms with Gasteiger partial charge in [0.15, 0.2) is 0 Å². The number of carbonyl (C=O) groups excluding carboxylic acids is 2. The second-order valence-electron chi connectivity index (χ2n) is 10.9. The van der Waals surface area contributed by atoms with Crippen LogP contribution in [0.1, 0.15) is 54.8 Å². The molecule has 3 aromatic rings. The van der Waals surface area contributed by atoms with Crippen LogP contribution >= 0.6 is 11.6 Å². The Morgan fingerprint density at radius 2 is 1.62 bits per heavy atom. The topological polar surface area (TPSA) is 105 Å². The second kappa shape index (κ2) is 13.8. The fourth-order valence-electron chi connectivity index (χ4n) is 5.05. The molecule has 8 nitrogen and oxygen atoms in total. The highest BCUT2D eigenvalue weighted by molar-refractivity contribution is 7.89. The van der Waals surface area contributed by atoms with Crippen molar-refractivity contribution in [2.24, 2.45) is 0 Å². The molecular formula is C32H36ClN3O5S. The van der Waals surface area contributed by atoms with Crippen molar-refractivity contribution in [3.05, 3.63) is 101 Å². The largest absolute Gasteiger partial charge is 0.376 e. The molecule has 2 fully saturated rings. The van der Waals surface area contributed by atoms with Gasteiger partial charge in [0, 0.05) is 37.2 Å². The lowest BCUT2D eigenvalue weighted by Gasteiger charge is -2.32. The van der Waals surface area contributed by atoms with Gasteiger partial charge in [0.05, 0.1) is 11.0 Å². The number of hydrogen-bond donors (Lipinski definition) is 2. The molecule has 42 heavy (non-hydrogen) atoms. The standard InChI is InChI=1S/C32H36ClN3O5S/c33-26-13-8-24(9-14-26)22-36(31(25-5-2-1-3-6-25)32(38)34-21-28-7-4-20-41-28)30(37)19-12-23-10-17-29(18-11-23)42(39,40)35-27-15-16-27/h1-3,5-6,8-11,13-14,17-18,27-28,31,35H,4,7,12,15-16,19-22H2,(H,34,38)/t28-,31-/m1/s1. The molecule has 1 aliphatic carbocycles. The number of ether oxygens (including phenoxy) is 1. The summed E-state index contributed by atoms with van der Waals surface area (Å²) in [4.78, 5) is 29.5. The number of carbonyl (C=O) groups is 2. The minimum Gasteiger partial charge on any atom is -0.376 e. The monoisotopic (exact) mass is 609 g/mol. The van der Waals surface area contributed by atoms with Crippen molar-refractivity contribution in [2.45, 2.75) is 68.2 Å². The first kappa shape index (κ1) is 30.2. The lowest BCUT2D eigenvalue weighted by Crippen LogP contribution is -2.45. The van der Waals surface area contributed by atoms with E-state index in [1.54, 1.807) is 41.3 Å². The smallest absolute Gasteiger partial charge is 0.247 e. The molecule has 0 aromatic heterocycles. The highest BCUT2D eigenvalue weighted by Crippen LogP contribution is 2.27. The second-order valence-corrected chi connectivity index (χ2v) is 13.0. The van der Waals surface area contributed by atoms with E-state index in [0.29, 0.717) is 30.2 Å². The molecule has 1 saturated carbocycles. The molecule has 10 heteroatoms. The molecule has 2 amide bonds. The number of hydrogen-bond acceptors (Lipinski definition) is 5. The van der Waals surface area contributed by atoms with Gasteiger partial charge in [-0.3, -0.25) is 9.59 Å². The van der Waals surface area contributed by atoms with Crippen molar-refractivity contribution in [1.29, 1.82) is 0 Å². The van der Waals surface area contributed by atoms with Crippen molar-refractivity contribution < 1.29 is 22.7 Å². The van der Waals surface area contributed by atoms with Crippen molar-refractivity contribution in [3.8, 4) is 0 Å². The van der Waals surface area contributed by atoms with Gasteiger partial charge in [-0.05, 0) is 73.1 Å². The number of amides is 2. The minimum absolute atomic E-state index is 0.0272. The lowest BCUT2D eigenvalue weighted by atomic mass is 10.0. The number of rotatable bonds is 13. The number of aryl methyl sites for hydroxylation is 1. The first-order valence-electron chi connectivity index (χ1n) is 14.4. The van der Waals surface area contributed by atoms with Gasteiger partial charge in [0.1, 0.15) is 6.04 Å². The van der Waals surface area contributed by atoms with Crippen molar-refractivity contribution >= 4 is 33.4 Å². The van der Waals surface area contributed by atoms with Crippen molar-refractivity contribution in [3.63, 3.8) is 0 Å². The number of sulfonamides is 1. The van der Waals surface area contributed by atoms with Gasteiger partial charge in [-0.1, -0.05) is 66.2 Å². The number of benzene rings is 3. The molecular weight excluding hydrogens is 574 g/mol. The third-order valence-corrected chi connectivity index (χ3v) is 9.34. The quantitative estimate of drug-likeness (QED) is 0.290. The summed E-state index contributed by atoms with van der Waals surface area (Å²) in [7, 11) is -3.55. The van der Waals surface area contributed by atoms with E-state index >= 15 is 0 Å². The van der Waals surface area contributed by atoms with Gasteiger partial charge in [0.25, 0.3) is 0 Å². The maximum absolute atomic E-state index is 13.9. The summed E-state index contributed by atoms with van der Waals surface area (Å²) < 4.78 is 33.4. The fourth-order valence-corrected chi connectivity index (χ4v) is 6.48. The molecule has 1 heterocycles. The first-order valence-corrected chi connectivity index (χ1v) is 16.2. The van der Waals surface area contributed by atoms with E-state index in [4.69, 9.17) is 16.3 Å². The van der Waals surface area contributed by atoms with Gasteiger partial charge in [-0.2, -0.15) is 0 Å². The van der Waals surface area contributed by atoms with Crippen LogP contribution in [0, 0.1) is 0 Å². The molecule has 0 bridgehead atoms. The van der Waals surface area contributed by atoms with Crippen LogP contribution in [0.5, 0.6) is 0 Å². The zero-order valence-electron chi connectivity index (χ0n) is 23.4. The summed E-state index contributed by atoms with van der Waals surface area (Å²) in [5.74, 6) is -0.463. The van der Waals surface area contributed by atoms with E-state index in [-0.39, 0.29) is 41.8 Å². The Bertz CT molecular complexity index is 1460. The Labute approximate surface area is 252 Å². The summed E-state index contributed by atoms with van der Waals surface area (Å²) in [6.07, 6.45) is 4.09. The summed E-state index contributed by atoms with van der Waals surface area (Å²) in [6.45, 7) is 1.29. The third-order valence-electron chi connectivity index (χ3n) is 7.55. The predicted molar refractivity (Wildman–Crippen MR) is 161 cm³/mol. The molecule has 222 valence electrons. The van der Waals surface area contributed by atoms with Crippen LogP contribution < -0.4 is 10.0 Å². The molecule has 2 N–H and O–H groups in total. The third kappa shape index (κ3) is 8.19. The van der Waals surface area contributed by atoms with Gasteiger partial charge in [-0.25, -0.2) is 13.1 Å². The van der Waals surface area contributed by atoms with Gasteiger partial charge >= 0.3 is 0 Å². The lowest BCUT2D eigenvalue weighted by molar-refractivity contribution is -0.141. The molecule has 2 aliphatic rings. The van der Waals surface area contributed by atoms with Gasteiger partial charge in [0.2, 0.25) is 21.8 Å². The maximum Gasteiger partial charge on any atom is 0.247 e. The molecule has 1 aliphatic heterocycles. The fraction of sp³-hybridized carbons (Fsp3) is 0.375. The van der Waals surface area contributed by atoms with Crippen LogP contribution in [-0.2, 0) is 37.3 Å². The maximum atomic E-state index is 13.9. The van der Waals surface area contributed by atoms with Crippen LogP contribution in [0.2, 0.25) is 5.02 Å². The molecule has 1 saturated heterocycles. The molecule has 0 spiro atoms. The summed E-state index contributed by atoms with van der Waals surface area (Å²) in [5.41, 5.74) is 2.39. The highest BCUT2D eigenvalue weighted by atomic mass is 35.5. The van der Waals surface area contributed by atoms with E-state index in [9.17, 15) is 18.0 Å². The zero-order valence-corrected chi connectivity index (χ0v) is 24.9. The molecule has 3 aromatic carbocycles. The summed E-state index contributed by atoms with van der Waals surface area (Å²) >= 11 is 6.11. The molecule has 5 rings (SSSR count). The average molecular weight is 610 g/mol. The van der Waals surface area contributed by atoms with E-state index < -0.39 is 16.1 Å². The van der Waals surface area contributed by atoms with Crippen LogP contribution in [0.25, 0.3) is 0 Å². The molecule has 0 radical (unpaired) electrons. The Morgan fingerprint density at radius 1 is 0.929 bits per heavy atom. The van der Waals surface area contributed by atoms with Gasteiger partial charge in [-0.15, -0.1) is 0 Å². The number of nitrogens with zero attached hydrogens (tertiary/aromatic N) is 1.